The van der Waals surface area contributed by atoms with E-state index >= 15 is 0 Å². The van der Waals surface area contributed by atoms with Gasteiger partial charge >= 0.3 is 6.01 Å². The Bertz CT molecular complexity index is 1020. The second-order valence-electron chi connectivity index (χ2n) is 6.89. The molecular weight excluding hydrogens is 370 g/mol. The van der Waals surface area contributed by atoms with Gasteiger partial charge in [-0.2, -0.15) is 9.98 Å². The van der Waals surface area contributed by atoms with Crippen LogP contribution in [0.25, 0.3) is 11.3 Å². The second-order valence-corrected chi connectivity index (χ2v) is 7.31. The van der Waals surface area contributed by atoms with Gasteiger partial charge in [-0.25, -0.2) is 0 Å². The van der Waals surface area contributed by atoms with Crippen LogP contribution in [0.5, 0.6) is 0 Å². The average Bonchev–Trinajstić information content (AvgIpc) is 3.31. The number of nitrogens with two attached hydrogens (primary N) is 1. The van der Waals surface area contributed by atoms with E-state index in [1.54, 1.807) is 11.3 Å². The second kappa shape index (κ2) is 7.44. The van der Waals surface area contributed by atoms with Crippen molar-refractivity contribution >= 4 is 29.2 Å². The molecule has 0 radical (unpaired) electrons. The zero-order valence-corrected chi connectivity index (χ0v) is 16.5. The first kappa shape index (κ1) is 18.2. The van der Waals surface area contributed by atoms with Crippen LogP contribution in [0, 0.1) is 13.8 Å². The third kappa shape index (κ3) is 3.75. The highest BCUT2D eigenvalue weighted by Crippen LogP contribution is 2.30. The van der Waals surface area contributed by atoms with Crippen LogP contribution in [0.4, 0.5) is 6.01 Å². The van der Waals surface area contributed by atoms with Crippen molar-refractivity contribution < 1.29 is 4.42 Å². The van der Waals surface area contributed by atoms with Crippen molar-refractivity contribution in [3.63, 3.8) is 0 Å². The molecule has 1 aromatic heterocycles. The molecule has 0 amide bonds. The molecule has 0 unspecified atom stereocenters. The molecule has 0 saturated carbocycles. The first-order chi connectivity index (χ1) is 13.5. The fourth-order valence-electron chi connectivity index (χ4n) is 3.16. The van der Waals surface area contributed by atoms with Gasteiger partial charge in [-0.3, -0.25) is 10.4 Å². The summed E-state index contributed by atoms with van der Waals surface area (Å²) >= 11 is 5.20. The Hall–Kier alpha value is -3.19. The SMILES string of the molecule is Cc1ccc(-c2coc(N=C3C[C@H](c4ccc(C)cc4)N(C(N)=S)N3)n2)cc1. The fourth-order valence-corrected chi connectivity index (χ4v) is 3.33. The molecule has 3 aromatic rings. The summed E-state index contributed by atoms with van der Waals surface area (Å²) < 4.78 is 5.54. The zero-order chi connectivity index (χ0) is 19.7. The Balaban J connectivity index is 1.57. The summed E-state index contributed by atoms with van der Waals surface area (Å²) in [6.07, 6.45) is 2.24. The average molecular weight is 392 g/mol. The van der Waals surface area contributed by atoms with Crippen molar-refractivity contribution in [2.75, 3.05) is 0 Å². The van der Waals surface area contributed by atoms with Crippen molar-refractivity contribution in [2.24, 2.45) is 10.7 Å². The van der Waals surface area contributed by atoms with Crippen molar-refractivity contribution in [3.8, 4) is 11.3 Å². The number of aromatic nitrogens is 1. The highest BCUT2D eigenvalue weighted by atomic mass is 32.1. The van der Waals surface area contributed by atoms with Gasteiger partial charge in [-0.15, -0.1) is 0 Å². The Labute approximate surface area is 169 Å². The van der Waals surface area contributed by atoms with E-state index < -0.39 is 0 Å². The molecule has 2 aromatic carbocycles. The van der Waals surface area contributed by atoms with Gasteiger partial charge < -0.3 is 10.2 Å². The molecule has 0 aliphatic carbocycles. The summed E-state index contributed by atoms with van der Waals surface area (Å²) in [4.78, 5) is 8.99. The summed E-state index contributed by atoms with van der Waals surface area (Å²) in [6.45, 7) is 4.11. The lowest BCUT2D eigenvalue weighted by molar-refractivity contribution is 0.333. The maximum absolute atomic E-state index is 5.90. The Morgan fingerprint density at radius 1 is 1.14 bits per heavy atom. The summed E-state index contributed by atoms with van der Waals surface area (Å²) in [5, 5.41) is 2.02. The number of nitrogens with one attached hydrogen (secondary N) is 1. The van der Waals surface area contributed by atoms with Crippen LogP contribution < -0.4 is 11.2 Å². The van der Waals surface area contributed by atoms with Gasteiger partial charge in [0, 0.05) is 12.0 Å². The number of benzene rings is 2. The lowest BCUT2D eigenvalue weighted by atomic mass is 10.0. The minimum absolute atomic E-state index is 0.0246. The molecule has 1 atom stereocenters. The molecule has 4 rings (SSSR count). The molecule has 3 N–H and O–H groups in total. The maximum Gasteiger partial charge on any atom is 0.323 e. The molecule has 142 valence electrons. The molecule has 28 heavy (non-hydrogen) atoms. The lowest BCUT2D eigenvalue weighted by Crippen LogP contribution is -2.43. The molecule has 2 heterocycles. The van der Waals surface area contributed by atoms with Gasteiger partial charge in [-0.05, 0) is 31.6 Å². The number of aryl methyl sites for hydroxylation is 2. The van der Waals surface area contributed by atoms with Crippen LogP contribution in [0.3, 0.4) is 0 Å². The van der Waals surface area contributed by atoms with E-state index in [1.807, 2.05) is 31.2 Å². The fraction of sp³-hybridized carbons (Fsp3) is 0.190. The minimum atomic E-state index is -0.0246. The number of oxazole rings is 1. The van der Waals surface area contributed by atoms with Gasteiger partial charge in [0.2, 0.25) is 0 Å². The predicted octanol–water partition coefficient (Wildman–Crippen LogP) is 4.18. The van der Waals surface area contributed by atoms with Crippen LogP contribution in [-0.4, -0.2) is 20.9 Å². The number of hydrazine groups is 1. The monoisotopic (exact) mass is 391 g/mol. The number of hydrogen-bond donors (Lipinski definition) is 2. The Morgan fingerprint density at radius 2 is 1.79 bits per heavy atom. The number of aliphatic imine (C=N–C) groups is 1. The standard InChI is InChI=1S/C21H21N5OS/c1-13-3-7-15(8-4-13)17-12-27-21(23-17)24-19-11-18(26(25-19)20(22)28)16-9-5-14(2)6-10-16/h3-10,12,18H,11H2,1-2H3,(H2,22,28)(H,23,24,25)/t18-/m1/s1. The quantitative estimate of drug-likeness (QED) is 0.652. The molecule has 1 aliphatic heterocycles. The van der Waals surface area contributed by atoms with E-state index in [1.165, 1.54) is 11.1 Å². The molecule has 7 heteroatoms. The Morgan fingerprint density at radius 3 is 2.43 bits per heavy atom. The topological polar surface area (TPSA) is 79.7 Å². The van der Waals surface area contributed by atoms with Gasteiger partial charge in [0.15, 0.2) is 5.11 Å². The smallest absolute Gasteiger partial charge is 0.323 e. The summed E-state index contributed by atoms with van der Waals surface area (Å²) in [7, 11) is 0. The van der Waals surface area contributed by atoms with Crippen molar-refractivity contribution in [1.29, 1.82) is 0 Å². The predicted molar refractivity (Wildman–Crippen MR) is 114 cm³/mol. The number of rotatable bonds is 3. The van der Waals surface area contributed by atoms with Crippen LogP contribution >= 0.6 is 12.2 Å². The van der Waals surface area contributed by atoms with E-state index in [0.29, 0.717) is 18.3 Å². The Kier molecular flexibility index (Phi) is 4.83. The molecule has 1 aliphatic rings. The molecule has 0 spiro atoms. The number of hydrogen-bond acceptors (Lipinski definition) is 4. The highest BCUT2D eigenvalue weighted by molar-refractivity contribution is 7.80. The van der Waals surface area contributed by atoms with Crippen molar-refractivity contribution in [1.82, 2.24) is 15.4 Å². The van der Waals surface area contributed by atoms with E-state index in [2.05, 4.69) is 46.6 Å². The van der Waals surface area contributed by atoms with Crippen LogP contribution in [0.1, 0.15) is 29.2 Å². The van der Waals surface area contributed by atoms with E-state index in [4.69, 9.17) is 22.4 Å². The molecule has 0 bridgehead atoms. The molecular formula is C21H21N5OS. The van der Waals surface area contributed by atoms with E-state index in [-0.39, 0.29) is 11.2 Å². The maximum atomic E-state index is 5.90. The van der Waals surface area contributed by atoms with Crippen molar-refractivity contribution in [3.05, 3.63) is 71.5 Å². The van der Waals surface area contributed by atoms with Gasteiger partial charge in [0.05, 0.1) is 6.04 Å². The summed E-state index contributed by atoms with van der Waals surface area (Å²) in [5.41, 5.74) is 14.3. The van der Waals surface area contributed by atoms with Crippen molar-refractivity contribution in [2.45, 2.75) is 26.3 Å². The third-order valence-corrected chi connectivity index (χ3v) is 4.91. The zero-order valence-electron chi connectivity index (χ0n) is 15.7. The van der Waals surface area contributed by atoms with Gasteiger partial charge in [0.1, 0.15) is 17.8 Å². The number of amidine groups is 1. The van der Waals surface area contributed by atoms with E-state index in [0.717, 1.165) is 16.8 Å². The normalized spacial score (nSPS) is 17.7. The van der Waals surface area contributed by atoms with Crippen LogP contribution in [-0.2, 0) is 0 Å². The summed E-state index contributed by atoms with van der Waals surface area (Å²) in [5.74, 6) is 0.704. The lowest BCUT2D eigenvalue weighted by Gasteiger charge is -2.24. The first-order valence-corrected chi connectivity index (χ1v) is 9.42. The van der Waals surface area contributed by atoms with Gasteiger partial charge in [-0.1, -0.05) is 59.7 Å². The third-order valence-electron chi connectivity index (χ3n) is 4.72. The number of nitrogens with zero attached hydrogens (tertiary/aromatic N) is 3. The highest BCUT2D eigenvalue weighted by Gasteiger charge is 2.31. The first-order valence-electron chi connectivity index (χ1n) is 9.01. The molecule has 6 nitrogen and oxygen atoms in total. The van der Waals surface area contributed by atoms with E-state index in [9.17, 15) is 0 Å². The van der Waals surface area contributed by atoms with Gasteiger partial charge in [0.25, 0.3) is 0 Å². The van der Waals surface area contributed by atoms with Crippen LogP contribution in [0.15, 0.2) is 64.2 Å². The summed E-state index contributed by atoms with van der Waals surface area (Å²) in [6, 6.07) is 16.7. The molecule has 1 saturated heterocycles. The molecule has 1 fully saturated rings. The van der Waals surface area contributed by atoms with Crippen LogP contribution in [0.2, 0.25) is 0 Å². The number of thiocarbonyl (C=S) groups is 1. The minimum Gasteiger partial charge on any atom is -0.430 e. The largest absolute Gasteiger partial charge is 0.430 e.